The number of hydrazone groups is 1. The fourth-order valence-electron chi connectivity index (χ4n) is 5.79. The van der Waals surface area contributed by atoms with Crippen molar-refractivity contribution in [2.75, 3.05) is 0 Å². The molecule has 3 fully saturated rings. The van der Waals surface area contributed by atoms with Gasteiger partial charge in [-0.25, -0.2) is 22.9 Å². The van der Waals surface area contributed by atoms with E-state index >= 15 is 0 Å². The van der Waals surface area contributed by atoms with E-state index in [4.69, 9.17) is 0 Å². The van der Waals surface area contributed by atoms with Gasteiger partial charge in [0.15, 0.2) is 0 Å². The second-order valence-corrected chi connectivity index (χ2v) is 9.43. The molecule has 3 saturated carbocycles. The molecule has 3 aromatic rings. The zero-order chi connectivity index (χ0) is 22.7. The first-order chi connectivity index (χ1) is 16.0. The van der Waals surface area contributed by atoms with E-state index in [1.54, 1.807) is 17.0 Å². The quantitative estimate of drug-likeness (QED) is 0.586. The van der Waals surface area contributed by atoms with E-state index < -0.39 is 17.7 Å². The molecule has 33 heavy (non-hydrogen) atoms. The highest BCUT2D eigenvalue weighted by molar-refractivity contribution is 5.82. The van der Waals surface area contributed by atoms with Crippen molar-refractivity contribution in [3.05, 3.63) is 59.4 Å². The van der Waals surface area contributed by atoms with E-state index in [0.29, 0.717) is 47.8 Å². The van der Waals surface area contributed by atoms with Crippen LogP contribution in [0.3, 0.4) is 0 Å². The monoisotopic (exact) mass is 453 g/mol. The summed E-state index contributed by atoms with van der Waals surface area (Å²) in [4.78, 5) is 13.5. The van der Waals surface area contributed by atoms with Gasteiger partial charge in [-0.2, -0.15) is 5.10 Å². The second-order valence-electron chi connectivity index (χ2n) is 9.43. The third kappa shape index (κ3) is 3.50. The molecule has 0 spiro atoms. The topological polar surface area (TPSA) is 63.4 Å². The first kappa shape index (κ1) is 20.4. The number of nitrogens with zero attached hydrogens (tertiary/aromatic N) is 5. The predicted octanol–water partition coefficient (Wildman–Crippen LogP) is 4.47. The molecule has 9 heteroatoms. The van der Waals surface area contributed by atoms with Crippen LogP contribution in [0.15, 0.2) is 41.5 Å². The van der Waals surface area contributed by atoms with Gasteiger partial charge in [0.05, 0.1) is 11.6 Å². The molecular formula is C24H22F3N5O. The number of hydrogen-bond donors (Lipinski definition) is 0. The Balaban J connectivity index is 1.22. The smallest absolute Gasteiger partial charge is 0.246 e. The molecule has 4 aliphatic rings. The van der Waals surface area contributed by atoms with Gasteiger partial charge in [-0.3, -0.25) is 4.79 Å². The van der Waals surface area contributed by atoms with Gasteiger partial charge in [-0.15, -0.1) is 5.10 Å². The van der Waals surface area contributed by atoms with Crippen LogP contribution in [0, 0.1) is 41.1 Å². The molecule has 0 saturated heterocycles. The summed E-state index contributed by atoms with van der Waals surface area (Å²) in [7, 11) is 0. The van der Waals surface area contributed by atoms with E-state index in [0.717, 1.165) is 18.9 Å². The number of carbonyl (C=O) groups is 1. The number of hydrogen-bond acceptors (Lipinski definition) is 4. The van der Waals surface area contributed by atoms with Gasteiger partial charge >= 0.3 is 0 Å². The lowest BCUT2D eigenvalue weighted by Crippen LogP contribution is -2.49. The Morgan fingerprint density at radius 1 is 0.970 bits per heavy atom. The van der Waals surface area contributed by atoms with Crippen LogP contribution < -0.4 is 0 Å². The van der Waals surface area contributed by atoms with Gasteiger partial charge in [0.2, 0.25) is 5.91 Å². The van der Waals surface area contributed by atoms with Crippen LogP contribution in [0.4, 0.5) is 13.2 Å². The molecule has 7 rings (SSSR count). The number of aromatic nitrogens is 3. The Morgan fingerprint density at radius 3 is 2.55 bits per heavy atom. The predicted molar refractivity (Wildman–Crippen MR) is 114 cm³/mol. The van der Waals surface area contributed by atoms with Crippen LogP contribution in [0.25, 0.3) is 11.0 Å². The van der Waals surface area contributed by atoms with Crippen LogP contribution in [0.2, 0.25) is 0 Å². The first-order valence-corrected chi connectivity index (χ1v) is 11.3. The van der Waals surface area contributed by atoms with Crippen molar-refractivity contribution in [3.8, 4) is 0 Å². The van der Waals surface area contributed by atoms with Crippen molar-refractivity contribution >= 4 is 23.2 Å². The first-order valence-electron chi connectivity index (χ1n) is 11.3. The number of fused-ring (bicyclic) bond motifs is 3. The van der Waals surface area contributed by atoms with Crippen LogP contribution in [-0.2, 0) is 11.3 Å². The van der Waals surface area contributed by atoms with E-state index in [1.165, 1.54) is 29.3 Å². The summed E-state index contributed by atoms with van der Waals surface area (Å²) in [6.07, 6.45) is 4.65. The van der Waals surface area contributed by atoms with Crippen molar-refractivity contribution in [1.29, 1.82) is 0 Å². The lowest BCUT2D eigenvalue weighted by Gasteiger charge is -2.51. The van der Waals surface area contributed by atoms with E-state index in [-0.39, 0.29) is 23.6 Å². The molecule has 0 N–H and O–H groups in total. The Hall–Kier alpha value is -3.23. The summed E-state index contributed by atoms with van der Waals surface area (Å²) in [5.74, 6) is -0.956. The van der Waals surface area contributed by atoms with E-state index in [9.17, 15) is 18.0 Å². The molecule has 1 aromatic heterocycles. The molecular weight excluding hydrogens is 431 g/mol. The van der Waals surface area contributed by atoms with Crippen molar-refractivity contribution < 1.29 is 18.0 Å². The van der Waals surface area contributed by atoms with Crippen molar-refractivity contribution in [3.63, 3.8) is 0 Å². The molecule has 0 radical (unpaired) electrons. The summed E-state index contributed by atoms with van der Waals surface area (Å²) in [6.45, 7) is 0.572. The number of carbonyl (C=O) groups excluding carboxylic acids is 1. The molecule has 3 atom stereocenters. The molecule has 1 aliphatic heterocycles. The molecule has 1 amide bonds. The Morgan fingerprint density at radius 2 is 1.76 bits per heavy atom. The molecule has 2 unspecified atom stereocenters. The summed E-state index contributed by atoms with van der Waals surface area (Å²) in [5, 5.41) is 14.0. The molecule has 2 bridgehead atoms. The van der Waals surface area contributed by atoms with Crippen LogP contribution in [0.1, 0.15) is 37.3 Å². The minimum absolute atomic E-state index is 0.0962. The highest BCUT2D eigenvalue weighted by Gasteiger charge is 2.50. The van der Waals surface area contributed by atoms with Gasteiger partial charge in [0, 0.05) is 37.2 Å². The largest absolute Gasteiger partial charge is 0.273 e. The van der Waals surface area contributed by atoms with Gasteiger partial charge in [0.1, 0.15) is 23.0 Å². The fraction of sp³-hybridized carbons (Fsp3) is 0.417. The third-order valence-corrected chi connectivity index (χ3v) is 7.53. The zero-order valence-electron chi connectivity index (χ0n) is 17.7. The maximum Gasteiger partial charge on any atom is 0.246 e. The lowest BCUT2D eigenvalue weighted by atomic mass is 9.55. The van der Waals surface area contributed by atoms with Gasteiger partial charge in [-0.05, 0) is 66.8 Å². The van der Waals surface area contributed by atoms with Crippen molar-refractivity contribution in [2.24, 2.45) is 28.8 Å². The number of halogens is 3. The molecule has 3 aliphatic carbocycles. The average Bonchev–Trinajstić information content (AvgIpc) is 3.39. The lowest BCUT2D eigenvalue weighted by molar-refractivity contribution is -0.147. The Labute approximate surface area is 188 Å². The van der Waals surface area contributed by atoms with E-state index in [1.807, 2.05) is 0 Å². The number of benzene rings is 2. The van der Waals surface area contributed by atoms with Crippen molar-refractivity contribution in [1.82, 2.24) is 20.0 Å². The fourth-order valence-corrected chi connectivity index (χ4v) is 5.79. The molecule has 2 aromatic carbocycles. The SMILES string of the molecule is O=C([C@H]1CC(Cn2nnc3ccc(F)cc32)C2CC1C2)N1N=CCC1c1cc(F)cc(F)c1. The van der Waals surface area contributed by atoms with Gasteiger partial charge in [0.25, 0.3) is 0 Å². The number of amides is 1. The minimum Gasteiger partial charge on any atom is -0.273 e. The summed E-state index contributed by atoms with van der Waals surface area (Å²) in [5.41, 5.74) is 1.70. The average molecular weight is 453 g/mol. The Bertz CT molecular complexity index is 1250. The highest BCUT2D eigenvalue weighted by Crippen LogP contribution is 2.53. The van der Waals surface area contributed by atoms with Crippen LogP contribution in [-0.4, -0.2) is 32.1 Å². The summed E-state index contributed by atoms with van der Waals surface area (Å²) < 4.78 is 43.0. The molecule has 170 valence electrons. The molecule has 6 nitrogen and oxygen atoms in total. The van der Waals surface area contributed by atoms with Crippen LogP contribution in [0.5, 0.6) is 0 Å². The summed E-state index contributed by atoms with van der Waals surface area (Å²) in [6, 6.07) is 7.27. The maximum atomic E-state index is 13.8. The molecule has 2 heterocycles. The summed E-state index contributed by atoms with van der Waals surface area (Å²) >= 11 is 0. The second kappa shape index (κ2) is 7.67. The zero-order valence-corrected chi connectivity index (χ0v) is 17.7. The van der Waals surface area contributed by atoms with Gasteiger partial charge < -0.3 is 0 Å². The third-order valence-electron chi connectivity index (χ3n) is 7.53. The Kier molecular flexibility index (Phi) is 4.74. The van der Waals surface area contributed by atoms with E-state index in [2.05, 4.69) is 15.4 Å². The maximum absolute atomic E-state index is 13.8. The van der Waals surface area contributed by atoms with Gasteiger partial charge in [-0.1, -0.05) is 5.21 Å². The van der Waals surface area contributed by atoms with Crippen molar-refractivity contribution in [2.45, 2.75) is 38.3 Å². The normalized spacial score (nSPS) is 28.3. The minimum atomic E-state index is -0.666. The number of rotatable bonds is 4. The highest BCUT2D eigenvalue weighted by atomic mass is 19.1. The van der Waals surface area contributed by atoms with Crippen LogP contribution >= 0.6 is 0 Å². The standard InChI is InChI=1S/C24H22F3N5O/c25-17-1-2-21-23(11-17)31(30-29-21)12-16-9-20(14-5-13(16)6-14)24(33)32-22(3-4-28-32)15-7-18(26)10-19(27)8-15/h1-2,4,7-8,10-11,13-14,16,20,22H,3,5-6,9,12H2/t13?,14?,16?,20-,22?/m0/s1.